The number of ether oxygens (including phenoxy) is 2. The van der Waals surface area contributed by atoms with E-state index in [0.717, 1.165) is 31.6 Å². The second-order valence-corrected chi connectivity index (χ2v) is 10.0. The molecule has 0 aliphatic rings. The largest absolute Gasteiger partial charge is 0.454 e. The summed E-state index contributed by atoms with van der Waals surface area (Å²) in [6.45, 7) is 5.42. The van der Waals surface area contributed by atoms with E-state index in [1.807, 2.05) is 30.3 Å². The molecule has 0 aromatic heterocycles. The van der Waals surface area contributed by atoms with Gasteiger partial charge in [0, 0.05) is 12.0 Å². The van der Waals surface area contributed by atoms with Crippen LogP contribution in [0.15, 0.2) is 54.6 Å². The molecule has 0 saturated carbocycles. The highest BCUT2D eigenvalue weighted by Gasteiger charge is 2.25. The number of aryl methyl sites for hydroxylation is 1. The van der Waals surface area contributed by atoms with Crippen molar-refractivity contribution in [2.24, 2.45) is 0 Å². The monoisotopic (exact) mass is 468 g/mol. The van der Waals surface area contributed by atoms with Crippen molar-refractivity contribution in [2.75, 3.05) is 20.6 Å². The lowest BCUT2D eigenvalue weighted by Gasteiger charge is -2.29. The summed E-state index contributed by atoms with van der Waals surface area (Å²) in [6, 6.07) is 18.5. The molecule has 0 radical (unpaired) electrons. The average molecular weight is 469 g/mol. The number of hydrogen-bond acceptors (Lipinski definition) is 3. The van der Waals surface area contributed by atoms with Crippen molar-refractivity contribution in [2.45, 2.75) is 90.9 Å². The first-order valence-electron chi connectivity index (χ1n) is 13.2. The van der Waals surface area contributed by atoms with Crippen LogP contribution in [-0.2, 0) is 22.5 Å². The van der Waals surface area contributed by atoms with Crippen molar-refractivity contribution < 1.29 is 18.8 Å². The van der Waals surface area contributed by atoms with Gasteiger partial charge in [-0.15, -0.1) is 0 Å². The summed E-state index contributed by atoms with van der Waals surface area (Å²) in [5.74, 6) is 0.627. The molecule has 34 heavy (non-hydrogen) atoms. The number of carbonyl (C=O) groups excluding carboxylic acids is 1. The Labute approximate surface area is 207 Å². The van der Waals surface area contributed by atoms with Gasteiger partial charge in [-0.25, -0.2) is 4.79 Å². The number of hydrogen-bond donors (Lipinski definition) is 0. The third-order valence-corrected chi connectivity index (χ3v) is 6.08. The van der Waals surface area contributed by atoms with Gasteiger partial charge >= 0.3 is 5.97 Å². The third kappa shape index (κ3) is 11.2. The van der Waals surface area contributed by atoms with Gasteiger partial charge in [0.25, 0.3) is 0 Å². The van der Waals surface area contributed by atoms with Crippen LogP contribution in [0.3, 0.4) is 0 Å². The van der Waals surface area contributed by atoms with Gasteiger partial charge in [0.05, 0.1) is 14.1 Å². The Balaban J connectivity index is 1.88. The fraction of sp³-hybridized carbons (Fsp3) is 0.567. The Hall–Kier alpha value is -2.33. The molecule has 2 aromatic rings. The van der Waals surface area contributed by atoms with Crippen LogP contribution in [0.2, 0.25) is 0 Å². The van der Waals surface area contributed by atoms with E-state index >= 15 is 0 Å². The van der Waals surface area contributed by atoms with Gasteiger partial charge < -0.3 is 14.0 Å². The number of likely N-dealkylation sites (N-methyl/N-ethyl adjacent to an activating group) is 1. The highest BCUT2D eigenvalue weighted by Crippen LogP contribution is 2.24. The number of benzene rings is 2. The Morgan fingerprint density at radius 3 is 2.18 bits per heavy atom. The third-order valence-electron chi connectivity index (χ3n) is 6.08. The number of carbonyl (C=O) groups is 1. The normalized spacial score (nSPS) is 12.4. The van der Waals surface area contributed by atoms with Crippen molar-refractivity contribution in [3.05, 3.63) is 65.7 Å². The molecule has 0 fully saturated rings. The van der Waals surface area contributed by atoms with E-state index in [-0.39, 0.29) is 5.97 Å². The maximum atomic E-state index is 12.8. The number of unbranched alkanes of at least 4 members (excludes halogenated alkanes) is 6. The minimum atomic E-state index is -0.551. The SMILES string of the molecule is CCCCCCCCCc1ccccc1OC(CCC)OC(=O)C[N+](C)(C)Cc1ccccc1. The van der Waals surface area contributed by atoms with Crippen LogP contribution in [0, 0.1) is 0 Å². The van der Waals surface area contributed by atoms with E-state index in [4.69, 9.17) is 9.47 Å². The predicted molar refractivity (Wildman–Crippen MR) is 141 cm³/mol. The maximum Gasteiger partial charge on any atom is 0.364 e. The standard InChI is InChI=1S/C30H46NO3/c1-5-7-8-9-10-11-15-21-27-22-16-17-23-28(27)33-30(18-6-2)34-29(32)25-31(3,4)24-26-19-13-12-14-20-26/h12-14,16-17,19-20,22-23,30H,5-11,15,18,21,24-25H2,1-4H3/q+1. The number of nitrogens with zero attached hydrogens (tertiary/aromatic N) is 1. The van der Waals surface area contributed by atoms with Crippen LogP contribution in [0.1, 0.15) is 82.8 Å². The molecule has 4 heteroatoms. The molecular weight excluding hydrogens is 422 g/mol. The van der Waals surface area contributed by atoms with Gasteiger partial charge in [0.1, 0.15) is 12.3 Å². The molecule has 0 aliphatic carbocycles. The van der Waals surface area contributed by atoms with Crippen molar-refractivity contribution >= 4 is 5.97 Å². The zero-order valence-electron chi connectivity index (χ0n) is 21.9. The molecule has 0 spiro atoms. The molecule has 0 bridgehead atoms. The van der Waals surface area contributed by atoms with Crippen molar-refractivity contribution in [3.63, 3.8) is 0 Å². The number of quaternary nitrogens is 1. The van der Waals surface area contributed by atoms with Gasteiger partial charge in [-0.3, -0.25) is 0 Å². The lowest BCUT2D eigenvalue weighted by atomic mass is 10.0. The quantitative estimate of drug-likeness (QED) is 0.106. The Morgan fingerprint density at radius 1 is 0.824 bits per heavy atom. The summed E-state index contributed by atoms with van der Waals surface area (Å²) in [5.41, 5.74) is 2.41. The Bertz CT molecular complexity index is 819. The number of rotatable bonds is 17. The Kier molecular flexibility index (Phi) is 12.8. The smallest absolute Gasteiger partial charge is 0.364 e. The zero-order valence-corrected chi connectivity index (χ0v) is 21.9. The molecule has 4 nitrogen and oxygen atoms in total. The second kappa shape index (κ2) is 15.5. The minimum Gasteiger partial charge on any atom is -0.454 e. The molecule has 0 saturated heterocycles. The fourth-order valence-corrected chi connectivity index (χ4v) is 4.28. The fourth-order valence-electron chi connectivity index (χ4n) is 4.28. The van der Waals surface area contributed by atoms with Crippen molar-refractivity contribution in [1.82, 2.24) is 0 Å². The van der Waals surface area contributed by atoms with E-state index in [2.05, 4.69) is 52.2 Å². The molecule has 1 unspecified atom stereocenters. The topological polar surface area (TPSA) is 35.5 Å². The summed E-state index contributed by atoms with van der Waals surface area (Å²) in [5, 5.41) is 0. The number of para-hydroxylation sites is 1. The van der Waals surface area contributed by atoms with Crippen LogP contribution in [-0.4, -0.2) is 37.4 Å². The lowest BCUT2D eigenvalue weighted by molar-refractivity contribution is -0.896. The van der Waals surface area contributed by atoms with E-state index in [1.165, 1.54) is 49.7 Å². The van der Waals surface area contributed by atoms with Crippen molar-refractivity contribution in [3.8, 4) is 5.75 Å². The molecule has 2 aromatic carbocycles. The zero-order chi connectivity index (χ0) is 24.7. The van der Waals surface area contributed by atoms with Crippen LogP contribution >= 0.6 is 0 Å². The van der Waals surface area contributed by atoms with Crippen LogP contribution in [0.4, 0.5) is 0 Å². The van der Waals surface area contributed by atoms with Crippen molar-refractivity contribution in [1.29, 1.82) is 0 Å². The van der Waals surface area contributed by atoms with Crippen LogP contribution < -0.4 is 4.74 Å². The van der Waals surface area contributed by atoms with Gasteiger partial charge in [-0.05, 0) is 30.9 Å². The summed E-state index contributed by atoms with van der Waals surface area (Å²) >= 11 is 0. The highest BCUT2D eigenvalue weighted by molar-refractivity contribution is 5.70. The molecule has 0 amide bonds. The summed E-state index contributed by atoms with van der Waals surface area (Å²) < 4.78 is 12.6. The van der Waals surface area contributed by atoms with Gasteiger partial charge in [0.15, 0.2) is 6.54 Å². The number of esters is 1. The first-order valence-corrected chi connectivity index (χ1v) is 13.2. The summed E-state index contributed by atoms with van der Waals surface area (Å²) in [4.78, 5) is 12.8. The van der Waals surface area contributed by atoms with Crippen LogP contribution in [0.5, 0.6) is 5.75 Å². The maximum absolute atomic E-state index is 12.8. The van der Waals surface area contributed by atoms with Gasteiger partial charge in [-0.2, -0.15) is 0 Å². The molecule has 0 aliphatic heterocycles. The highest BCUT2D eigenvalue weighted by atomic mass is 16.7. The van der Waals surface area contributed by atoms with E-state index < -0.39 is 6.29 Å². The van der Waals surface area contributed by atoms with E-state index in [1.54, 1.807) is 0 Å². The first-order chi connectivity index (χ1) is 16.4. The first kappa shape index (κ1) is 27.9. The van der Waals surface area contributed by atoms with Gasteiger partial charge in [-0.1, -0.05) is 101 Å². The molecule has 0 heterocycles. The summed E-state index contributed by atoms with van der Waals surface area (Å²) in [6.07, 6.45) is 11.0. The minimum absolute atomic E-state index is 0.219. The van der Waals surface area contributed by atoms with Crippen LogP contribution in [0.25, 0.3) is 0 Å². The van der Waals surface area contributed by atoms with Gasteiger partial charge in [0.2, 0.25) is 6.29 Å². The predicted octanol–water partition coefficient (Wildman–Crippen LogP) is 7.30. The van der Waals surface area contributed by atoms with E-state index in [9.17, 15) is 4.79 Å². The average Bonchev–Trinajstić information content (AvgIpc) is 2.79. The second-order valence-electron chi connectivity index (χ2n) is 10.0. The molecular formula is C30H46NO3+. The molecule has 1 atom stereocenters. The molecule has 188 valence electrons. The molecule has 0 N–H and O–H groups in total. The molecule has 2 rings (SSSR count). The lowest BCUT2D eigenvalue weighted by Crippen LogP contribution is -2.44. The van der Waals surface area contributed by atoms with E-state index in [0.29, 0.717) is 17.4 Å². The Morgan fingerprint density at radius 2 is 1.47 bits per heavy atom. The summed E-state index contributed by atoms with van der Waals surface area (Å²) in [7, 11) is 4.11.